The van der Waals surface area contributed by atoms with Gasteiger partial charge in [-0.05, 0) is 45.8 Å². The van der Waals surface area contributed by atoms with E-state index < -0.39 is 0 Å². The van der Waals surface area contributed by atoms with E-state index in [1.807, 2.05) is 18.2 Å². The highest BCUT2D eigenvalue weighted by Crippen LogP contribution is 2.28. The number of halogens is 2. The summed E-state index contributed by atoms with van der Waals surface area (Å²) in [5.41, 5.74) is 0. The predicted octanol–water partition coefficient (Wildman–Crippen LogP) is 4.16. The van der Waals surface area contributed by atoms with Gasteiger partial charge in [0.05, 0.1) is 11.1 Å². The second kappa shape index (κ2) is 6.03. The molecule has 0 aromatic heterocycles. The van der Waals surface area contributed by atoms with Crippen molar-refractivity contribution in [3.63, 3.8) is 0 Å². The van der Waals surface area contributed by atoms with Gasteiger partial charge in [0.25, 0.3) is 0 Å². The monoisotopic (exact) mass is 338 g/mol. The van der Waals surface area contributed by atoms with Gasteiger partial charge in [-0.15, -0.1) is 0 Å². The molecule has 0 heterocycles. The van der Waals surface area contributed by atoms with Crippen LogP contribution in [0.2, 0.25) is 0 Å². The Kier molecular flexibility index (Phi) is 5.34. The molecule has 0 N–H and O–H groups in total. The molecular weight excluding hydrogens is 328 g/mol. The molecule has 1 nitrogen and oxygen atoms in total. The highest BCUT2D eigenvalue weighted by Gasteiger charge is 2.04. The molecule has 0 saturated heterocycles. The summed E-state index contributed by atoms with van der Waals surface area (Å²) >= 11 is 11.0. The van der Waals surface area contributed by atoms with Gasteiger partial charge in [0.1, 0.15) is 5.75 Å². The van der Waals surface area contributed by atoms with E-state index >= 15 is 0 Å². The molecule has 0 fully saturated rings. The predicted molar refractivity (Wildman–Crippen MR) is 70.4 cm³/mol. The van der Waals surface area contributed by atoms with E-state index in [4.69, 9.17) is 4.74 Å². The van der Waals surface area contributed by atoms with E-state index in [9.17, 15) is 0 Å². The third-order valence-corrected chi connectivity index (χ3v) is 3.47. The van der Waals surface area contributed by atoms with Gasteiger partial charge in [-0.3, -0.25) is 0 Å². The highest BCUT2D eigenvalue weighted by atomic mass is 79.9. The van der Waals surface area contributed by atoms with Crippen molar-refractivity contribution in [2.75, 3.05) is 12.4 Å². The van der Waals surface area contributed by atoms with E-state index in [0.717, 1.165) is 20.4 Å². The van der Waals surface area contributed by atoms with E-state index in [1.54, 1.807) is 0 Å². The Balaban J connectivity index is 2.59. The Labute approximate surface area is 107 Å². The summed E-state index contributed by atoms with van der Waals surface area (Å²) in [6.45, 7) is 2.81. The van der Waals surface area contributed by atoms with Crippen LogP contribution in [-0.4, -0.2) is 12.4 Å². The molecule has 0 aliphatic heterocycles. The molecule has 1 aromatic carbocycles. The van der Waals surface area contributed by atoms with Gasteiger partial charge in [-0.25, -0.2) is 0 Å². The van der Waals surface area contributed by atoms with Gasteiger partial charge in [-0.2, -0.15) is 12.6 Å². The van der Waals surface area contributed by atoms with Crippen molar-refractivity contribution in [1.29, 1.82) is 0 Å². The number of hydrogen-bond acceptors (Lipinski definition) is 2. The summed E-state index contributed by atoms with van der Waals surface area (Å²) in [5.74, 6) is 2.18. The largest absolute Gasteiger partial charge is 0.492 e. The lowest BCUT2D eigenvalue weighted by Gasteiger charge is -2.11. The van der Waals surface area contributed by atoms with Crippen LogP contribution in [-0.2, 0) is 0 Å². The summed E-state index contributed by atoms with van der Waals surface area (Å²) in [5, 5.41) is 0. The van der Waals surface area contributed by atoms with Crippen LogP contribution in [0.15, 0.2) is 27.1 Å². The minimum atomic E-state index is 0.467. The smallest absolute Gasteiger partial charge is 0.133 e. The first kappa shape index (κ1) is 12.4. The van der Waals surface area contributed by atoms with E-state index in [2.05, 4.69) is 51.4 Å². The lowest BCUT2D eigenvalue weighted by molar-refractivity contribution is 0.272. The number of thiol groups is 1. The Morgan fingerprint density at radius 3 is 2.71 bits per heavy atom. The Hall–Kier alpha value is 0.330. The SMILES string of the molecule is CC(CS)COc1ccc(Br)cc1Br. The van der Waals surface area contributed by atoms with Gasteiger partial charge in [0.15, 0.2) is 0 Å². The van der Waals surface area contributed by atoms with Crippen LogP contribution in [0.3, 0.4) is 0 Å². The lowest BCUT2D eigenvalue weighted by Crippen LogP contribution is -2.09. The van der Waals surface area contributed by atoms with Gasteiger partial charge in [0, 0.05) is 4.47 Å². The fourth-order valence-corrected chi connectivity index (χ4v) is 2.14. The number of hydrogen-bond donors (Lipinski definition) is 1. The van der Waals surface area contributed by atoms with E-state index in [1.165, 1.54) is 0 Å². The van der Waals surface area contributed by atoms with Crippen LogP contribution in [0, 0.1) is 5.92 Å². The molecule has 1 unspecified atom stereocenters. The van der Waals surface area contributed by atoms with Gasteiger partial charge in [-0.1, -0.05) is 22.9 Å². The van der Waals surface area contributed by atoms with Crippen LogP contribution in [0.5, 0.6) is 5.75 Å². The lowest BCUT2D eigenvalue weighted by atomic mass is 10.2. The number of benzene rings is 1. The third kappa shape index (κ3) is 3.83. The fourth-order valence-electron chi connectivity index (χ4n) is 0.877. The molecular formula is C10H12Br2OS. The molecule has 0 radical (unpaired) electrons. The van der Waals surface area contributed by atoms with Crippen molar-refractivity contribution in [3.05, 3.63) is 27.1 Å². The highest BCUT2D eigenvalue weighted by molar-refractivity contribution is 9.11. The van der Waals surface area contributed by atoms with Crippen LogP contribution in [0.4, 0.5) is 0 Å². The van der Waals surface area contributed by atoms with Crippen molar-refractivity contribution in [1.82, 2.24) is 0 Å². The molecule has 1 aromatic rings. The van der Waals surface area contributed by atoms with Gasteiger partial charge >= 0.3 is 0 Å². The summed E-state index contributed by atoms with van der Waals surface area (Å²) in [6, 6.07) is 5.88. The van der Waals surface area contributed by atoms with Crippen molar-refractivity contribution >= 4 is 44.5 Å². The number of ether oxygens (including phenoxy) is 1. The maximum absolute atomic E-state index is 5.63. The maximum atomic E-state index is 5.63. The van der Waals surface area contributed by atoms with E-state index in [-0.39, 0.29) is 0 Å². The average molecular weight is 340 g/mol. The minimum Gasteiger partial charge on any atom is -0.492 e. The fraction of sp³-hybridized carbons (Fsp3) is 0.400. The van der Waals surface area contributed by atoms with Crippen LogP contribution >= 0.6 is 44.5 Å². The summed E-state index contributed by atoms with van der Waals surface area (Å²) in [4.78, 5) is 0. The Morgan fingerprint density at radius 1 is 1.43 bits per heavy atom. The molecule has 0 aliphatic carbocycles. The first-order chi connectivity index (χ1) is 6.63. The van der Waals surface area contributed by atoms with Crippen molar-refractivity contribution in [3.8, 4) is 5.75 Å². The van der Waals surface area contributed by atoms with Crippen molar-refractivity contribution in [2.24, 2.45) is 5.92 Å². The molecule has 14 heavy (non-hydrogen) atoms. The topological polar surface area (TPSA) is 9.23 Å². The molecule has 0 aliphatic rings. The van der Waals surface area contributed by atoms with Crippen LogP contribution in [0.1, 0.15) is 6.92 Å². The van der Waals surface area contributed by atoms with Gasteiger partial charge < -0.3 is 4.74 Å². The zero-order valence-electron chi connectivity index (χ0n) is 7.84. The van der Waals surface area contributed by atoms with Crippen LogP contribution < -0.4 is 4.74 Å². The van der Waals surface area contributed by atoms with Crippen LogP contribution in [0.25, 0.3) is 0 Å². The molecule has 1 atom stereocenters. The van der Waals surface area contributed by atoms with Gasteiger partial charge in [0.2, 0.25) is 0 Å². The average Bonchev–Trinajstić information content (AvgIpc) is 2.16. The summed E-state index contributed by atoms with van der Waals surface area (Å²) < 4.78 is 7.64. The third-order valence-electron chi connectivity index (χ3n) is 1.73. The summed E-state index contributed by atoms with van der Waals surface area (Å²) in [6.07, 6.45) is 0. The first-order valence-corrected chi connectivity index (χ1v) is 6.54. The molecule has 4 heteroatoms. The summed E-state index contributed by atoms with van der Waals surface area (Å²) in [7, 11) is 0. The molecule has 0 saturated carbocycles. The second-order valence-electron chi connectivity index (χ2n) is 3.17. The molecule has 1 rings (SSSR count). The first-order valence-electron chi connectivity index (χ1n) is 4.32. The number of rotatable bonds is 4. The second-order valence-corrected chi connectivity index (χ2v) is 5.31. The minimum absolute atomic E-state index is 0.467. The van der Waals surface area contributed by atoms with E-state index in [0.29, 0.717) is 12.5 Å². The molecule has 0 spiro atoms. The van der Waals surface area contributed by atoms with Crippen molar-refractivity contribution < 1.29 is 4.74 Å². The molecule has 0 bridgehead atoms. The Bertz CT molecular complexity index is 304. The Morgan fingerprint density at radius 2 is 2.14 bits per heavy atom. The zero-order chi connectivity index (χ0) is 10.6. The quantitative estimate of drug-likeness (QED) is 0.810. The van der Waals surface area contributed by atoms with Crippen molar-refractivity contribution in [2.45, 2.75) is 6.92 Å². The zero-order valence-corrected chi connectivity index (χ0v) is 11.9. The maximum Gasteiger partial charge on any atom is 0.133 e. The standard InChI is InChI=1S/C10H12Br2OS/c1-7(6-14)5-13-10-3-2-8(11)4-9(10)12/h2-4,7,14H,5-6H2,1H3. The molecule has 78 valence electrons. The normalized spacial score (nSPS) is 12.6. The molecule has 0 amide bonds.